The molecule has 3 rings (SSSR count). The first-order chi connectivity index (χ1) is 9.15. The van der Waals surface area contributed by atoms with Crippen LogP contribution < -0.4 is 4.90 Å². The third-order valence-corrected chi connectivity index (χ3v) is 3.41. The molecule has 7 nitrogen and oxygen atoms in total. The Morgan fingerprint density at radius 1 is 1.32 bits per heavy atom. The van der Waals surface area contributed by atoms with E-state index in [-0.39, 0.29) is 5.56 Å². The van der Waals surface area contributed by atoms with E-state index in [1.165, 1.54) is 10.7 Å². The van der Waals surface area contributed by atoms with Gasteiger partial charge in [0.05, 0.1) is 6.20 Å². The zero-order valence-corrected chi connectivity index (χ0v) is 10.7. The van der Waals surface area contributed by atoms with Crippen LogP contribution in [0.3, 0.4) is 0 Å². The van der Waals surface area contributed by atoms with E-state index in [0.717, 1.165) is 32.0 Å². The normalized spacial score (nSPS) is 17.0. The molecule has 0 spiro atoms. The van der Waals surface area contributed by atoms with Crippen LogP contribution in [0.2, 0.25) is 0 Å². The highest BCUT2D eigenvalue weighted by atomic mass is 16.4. The molecule has 0 aromatic carbocycles. The topological polar surface area (TPSA) is 74.0 Å². The molecule has 1 N–H and O–H groups in total. The summed E-state index contributed by atoms with van der Waals surface area (Å²) >= 11 is 0. The van der Waals surface area contributed by atoms with Gasteiger partial charge >= 0.3 is 5.97 Å². The van der Waals surface area contributed by atoms with Crippen molar-refractivity contribution in [1.29, 1.82) is 0 Å². The van der Waals surface area contributed by atoms with E-state index >= 15 is 0 Å². The van der Waals surface area contributed by atoms with Gasteiger partial charge in [0.2, 0.25) is 0 Å². The van der Waals surface area contributed by atoms with Crippen molar-refractivity contribution < 1.29 is 9.90 Å². The highest BCUT2D eigenvalue weighted by molar-refractivity contribution is 5.94. The second-order valence-electron chi connectivity index (χ2n) is 4.71. The maximum atomic E-state index is 11.1. The highest BCUT2D eigenvalue weighted by Gasteiger charge is 2.18. The third-order valence-electron chi connectivity index (χ3n) is 3.41. The Kier molecular flexibility index (Phi) is 2.83. The smallest absolute Gasteiger partial charge is 0.341 e. The fourth-order valence-electron chi connectivity index (χ4n) is 2.22. The number of rotatable bonds is 2. The van der Waals surface area contributed by atoms with E-state index in [9.17, 15) is 4.79 Å². The van der Waals surface area contributed by atoms with Crippen LogP contribution in [0.1, 0.15) is 10.4 Å². The number of hydrogen-bond acceptors (Lipinski definition) is 5. The second kappa shape index (κ2) is 4.51. The summed E-state index contributed by atoms with van der Waals surface area (Å²) in [4.78, 5) is 20.0. The van der Waals surface area contributed by atoms with Gasteiger partial charge in [0.1, 0.15) is 11.4 Å². The van der Waals surface area contributed by atoms with Crippen molar-refractivity contribution >= 4 is 17.4 Å². The number of nitrogens with zero attached hydrogens (tertiary/aromatic N) is 5. The number of carboxylic acids is 1. The lowest BCUT2D eigenvalue weighted by Gasteiger charge is -2.33. The van der Waals surface area contributed by atoms with E-state index in [2.05, 4.69) is 26.9 Å². The van der Waals surface area contributed by atoms with Gasteiger partial charge in [0.25, 0.3) is 0 Å². The molecule has 0 bridgehead atoms. The molecule has 0 radical (unpaired) electrons. The summed E-state index contributed by atoms with van der Waals surface area (Å²) in [5.41, 5.74) is 0.528. The molecule has 100 valence electrons. The predicted octanol–water partition coefficient (Wildman–Crippen LogP) is 0.179. The molecule has 1 aliphatic heterocycles. The Balaban J connectivity index is 1.96. The Labute approximate surface area is 110 Å². The lowest BCUT2D eigenvalue weighted by Crippen LogP contribution is -2.44. The standard InChI is InChI=1S/C12H15N5O2/c1-15-4-6-16(7-5-15)10-2-3-17-11(14-10)9(8-13-17)12(18)19/h2-3,8H,4-7H2,1H3,(H,18,19). The SMILES string of the molecule is CN1CCN(c2ccn3ncc(C(=O)O)c3n2)CC1. The van der Waals surface area contributed by atoms with Crippen molar-refractivity contribution in [2.75, 3.05) is 38.1 Å². The summed E-state index contributed by atoms with van der Waals surface area (Å²) in [5, 5.41) is 13.1. The summed E-state index contributed by atoms with van der Waals surface area (Å²) in [6.45, 7) is 3.77. The van der Waals surface area contributed by atoms with Gasteiger partial charge in [-0.15, -0.1) is 0 Å². The minimum absolute atomic E-state index is 0.135. The van der Waals surface area contributed by atoms with Gasteiger partial charge in [-0.25, -0.2) is 14.3 Å². The zero-order chi connectivity index (χ0) is 13.4. The first-order valence-electron chi connectivity index (χ1n) is 6.16. The van der Waals surface area contributed by atoms with Gasteiger partial charge in [-0.3, -0.25) is 0 Å². The van der Waals surface area contributed by atoms with Gasteiger partial charge < -0.3 is 14.9 Å². The van der Waals surface area contributed by atoms with Crippen LogP contribution in [-0.2, 0) is 0 Å². The maximum Gasteiger partial charge on any atom is 0.341 e. The van der Waals surface area contributed by atoms with Crippen LogP contribution >= 0.6 is 0 Å². The van der Waals surface area contributed by atoms with Crippen LogP contribution in [0.5, 0.6) is 0 Å². The van der Waals surface area contributed by atoms with Crippen LogP contribution in [0, 0.1) is 0 Å². The first kappa shape index (κ1) is 11.9. The Bertz CT molecular complexity index is 616. The predicted molar refractivity (Wildman–Crippen MR) is 69.7 cm³/mol. The van der Waals surface area contributed by atoms with Gasteiger partial charge in [-0.1, -0.05) is 0 Å². The maximum absolute atomic E-state index is 11.1. The molecule has 0 amide bonds. The van der Waals surface area contributed by atoms with Crippen molar-refractivity contribution in [3.8, 4) is 0 Å². The molecule has 0 atom stereocenters. The first-order valence-corrected chi connectivity index (χ1v) is 6.16. The highest BCUT2D eigenvalue weighted by Crippen LogP contribution is 2.16. The van der Waals surface area contributed by atoms with Gasteiger partial charge in [-0.2, -0.15) is 5.10 Å². The molecule has 19 heavy (non-hydrogen) atoms. The molecule has 3 heterocycles. The Morgan fingerprint density at radius 2 is 2.05 bits per heavy atom. The lowest BCUT2D eigenvalue weighted by molar-refractivity contribution is 0.0699. The molecule has 2 aromatic rings. The summed E-state index contributed by atoms with van der Waals surface area (Å²) in [6, 6.07) is 1.87. The van der Waals surface area contributed by atoms with E-state index in [0.29, 0.717) is 5.65 Å². The van der Waals surface area contributed by atoms with Gasteiger partial charge in [-0.05, 0) is 13.1 Å². The van der Waals surface area contributed by atoms with Gasteiger partial charge in [0.15, 0.2) is 5.65 Å². The summed E-state index contributed by atoms with van der Waals surface area (Å²) in [5.74, 6) is -0.193. The summed E-state index contributed by atoms with van der Waals surface area (Å²) in [7, 11) is 2.09. The number of carbonyl (C=O) groups is 1. The lowest BCUT2D eigenvalue weighted by atomic mass is 10.3. The van der Waals surface area contributed by atoms with Crippen LogP contribution in [0.4, 0.5) is 5.82 Å². The minimum atomic E-state index is -1.00. The van der Waals surface area contributed by atoms with Crippen molar-refractivity contribution in [3.05, 3.63) is 24.0 Å². The summed E-state index contributed by atoms with van der Waals surface area (Å²) < 4.78 is 1.49. The molecule has 0 unspecified atom stereocenters. The third kappa shape index (κ3) is 2.12. The fourth-order valence-corrected chi connectivity index (χ4v) is 2.22. The number of hydrogen-bond donors (Lipinski definition) is 1. The van der Waals surface area contributed by atoms with Crippen molar-refractivity contribution in [1.82, 2.24) is 19.5 Å². The zero-order valence-electron chi connectivity index (χ0n) is 10.7. The Hall–Kier alpha value is -2.15. The van der Waals surface area contributed by atoms with E-state index < -0.39 is 5.97 Å². The largest absolute Gasteiger partial charge is 0.477 e. The molecule has 2 aromatic heterocycles. The molecule has 0 saturated carbocycles. The molecular weight excluding hydrogens is 246 g/mol. The van der Waals surface area contributed by atoms with E-state index in [1.54, 1.807) is 6.20 Å². The molecule has 1 saturated heterocycles. The van der Waals surface area contributed by atoms with Crippen molar-refractivity contribution in [2.45, 2.75) is 0 Å². The number of fused-ring (bicyclic) bond motifs is 1. The number of carboxylic acid groups (broad SMARTS) is 1. The average molecular weight is 261 g/mol. The minimum Gasteiger partial charge on any atom is -0.477 e. The Morgan fingerprint density at radius 3 is 2.74 bits per heavy atom. The average Bonchev–Trinajstić information content (AvgIpc) is 2.82. The molecular formula is C12H15N5O2. The number of anilines is 1. The quantitative estimate of drug-likeness (QED) is 0.831. The van der Waals surface area contributed by atoms with E-state index in [4.69, 9.17) is 5.11 Å². The second-order valence-corrected chi connectivity index (χ2v) is 4.71. The van der Waals surface area contributed by atoms with Crippen LogP contribution in [-0.4, -0.2) is 63.8 Å². The van der Waals surface area contributed by atoms with Gasteiger partial charge in [0, 0.05) is 32.4 Å². The molecule has 0 aliphatic carbocycles. The molecule has 1 aliphatic rings. The van der Waals surface area contributed by atoms with E-state index in [1.807, 2.05) is 6.07 Å². The number of aromatic carboxylic acids is 1. The molecule has 7 heteroatoms. The summed E-state index contributed by atoms with van der Waals surface area (Å²) in [6.07, 6.45) is 3.08. The number of likely N-dealkylation sites (N-methyl/N-ethyl adjacent to an activating group) is 1. The van der Waals surface area contributed by atoms with Crippen molar-refractivity contribution in [2.24, 2.45) is 0 Å². The van der Waals surface area contributed by atoms with Crippen LogP contribution in [0.25, 0.3) is 5.65 Å². The van der Waals surface area contributed by atoms with Crippen LogP contribution in [0.15, 0.2) is 18.5 Å². The molecule has 1 fully saturated rings. The monoisotopic (exact) mass is 261 g/mol. The van der Waals surface area contributed by atoms with Crippen molar-refractivity contribution in [3.63, 3.8) is 0 Å². The number of aromatic nitrogens is 3. The number of piperazine rings is 1. The fraction of sp³-hybridized carbons (Fsp3) is 0.417.